The van der Waals surface area contributed by atoms with Crippen molar-refractivity contribution in [2.45, 2.75) is 6.10 Å². The zero-order valence-corrected chi connectivity index (χ0v) is 22.0. The summed E-state index contributed by atoms with van der Waals surface area (Å²) in [5, 5.41) is 11.2. The summed E-state index contributed by atoms with van der Waals surface area (Å²) in [6.45, 7) is 0. The molecule has 0 amide bonds. The highest BCUT2D eigenvalue weighted by Crippen LogP contribution is 2.26. The number of aliphatic hydroxyl groups excluding tert-OH is 1. The number of carbonyl (C=O) groups excluding carboxylic acids is 1. The Hall–Kier alpha value is -2.09. The predicted octanol–water partition coefficient (Wildman–Crippen LogP) is 8.80. The molecular formula is C26H16Br2Cl2F2O2. The van der Waals surface area contributed by atoms with Crippen LogP contribution in [0, 0.1) is 11.6 Å². The number of carbonyl (C=O) groups is 1. The Morgan fingerprint density at radius 3 is 1.65 bits per heavy atom. The van der Waals surface area contributed by atoms with Crippen LogP contribution in [0.2, 0.25) is 10.0 Å². The van der Waals surface area contributed by atoms with Gasteiger partial charge in [-0.3, -0.25) is 4.79 Å². The van der Waals surface area contributed by atoms with Crippen molar-refractivity contribution < 1.29 is 18.7 Å². The molecule has 0 spiro atoms. The summed E-state index contributed by atoms with van der Waals surface area (Å²) in [7, 11) is 0. The molecule has 0 radical (unpaired) electrons. The maximum absolute atomic E-state index is 13.3. The number of hydrogen-bond acceptors (Lipinski definition) is 2. The third-order valence-electron chi connectivity index (χ3n) is 4.73. The van der Waals surface area contributed by atoms with Crippen LogP contribution < -0.4 is 0 Å². The molecule has 0 aliphatic rings. The van der Waals surface area contributed by atoms with Gasteiger partial charge in [0.15, 0.2) is 5.78 Å². The van der Waals surface area contributed by atoms with Crippen molar-refractivity contribution in [3.8, 4) is 0 Å². The van der Waals surface area contributed by atoms with Gasteiger partial charge in [-0.15, -0.1) is 0 Å². The van der Waals surface area contributed by atoms with E-state index in [0.29, 0.717) is 41.2 Å². The molecule has 4 aromatic rings. The monoisotopic (exact) mass is 626 g/mol. The van der Waals surface area contributed by atoms with E-state index in [1.807, 2.05) is 0 Å². The second-order valence-electron chi connectivity index (χ2n) is 7.09. The van der Waals surface area contributed by atoms with Crippen molar-refractivity contribution >= 4 is 60.8 Å². The van der Waals surface area contributed by atoms with Gasteiger partial charge in [-0.1, -0.05) is 41.4 Å². The molecule has 8 heteroatoms. The van der Waals surface area contributed by atoms with Crippen LogP contribution in [-0.2, 0) is 0 Å². The van der Waals surface area contributed by atoms with Crippen molar-refractivity contribution in [2.24, 2.45) is 0 Å². The van der Waals surface area contributed by atoms with E-state index in [4.69, 9.17) is 23.2 Å². The summed E-state index contributed by atoms with van der Waals surface area (Å²) in [5.74, 6) is -1.08. The lowest BCUT2D eigenvalue weighted by atomic mass is 10.0. The molecule has 4 rings (SSSR count). The maximum atomic E-state index is 13.3. The third-order valence-corrected chi connectivity index (χ3v) is 6.52. The molecule has 1 unspecified atom stereocenters. The molecule has 4 aromatic carbocycles. The summed E-state index contributed by atoms with van der Waals surface area (Å²) < 4.78 is 27.4. The number of hydrogen-bond donors (Lipinski definition) is 1. The lowest BCUT2D eigenvalue weighted by Gasteiger charge is -2.12. The second kappa shape index (κ2) is 12.0. The first-order chi connectivity index (χ1) is 16.2. The van der Waals surface area contributed by atoms with E-state index in [1.54, 1.807) is 66.7 Å². The average molecular weight is 629 g/mol. The quantitative estimate of drug-likeness (QED) is 0.229. The molecule has 0 saturated heterocycles. The van der Waals surface area contributed by atoms with Crippen molar-refractivity contribution in [3.63, 3.8) is 0 Å². The van der Waals surface area contributed by atoms with Crippen LogP contribution in [0.15, 0.2) is 93.9 Å². The zero-order chi connectivity index (χ0) is 24.8. The summed E-state index contributed by atoms with van der Waals surface area (Å²) in [5.41, 5.74) is 1.98. The minimum Gasteiger partial charge on any atom is -0.384 e. The van der Waals surface area contributed by atoms with Crippen molar-refractivity contribution in [2.75, 3.05) is 0 Å². The number of halogens is 6. The smallest absolute Gasteiger partial charge is 0.193 e. The summed E-state index contributed by atoms with van der Waals surface area (Å²) >= 11 is 17.6. The van der Waals surface area contributed by atoms with E-state index in [2.05, 4.69) is 31.9 Å². The van der Waals surface area contributed by atoms with Gasteiger partial charge >= 0.3 is 0 Å². The molecule has 174 valence electrons. The normalized spacial score (nSPS) is 11.4. The van der Waals surface area contributed by atoms with Gasteiger partial charge in [0.1, 0.15) is 17.7 Å². The topological polar surface area (TPSA) is 37.3 Å². The molecule has 1 atom stereocenters. The van der Waals surface area contributed by atoms with Crippen LogP contribution >= 0.6 is 55.1 Å². The number of aliphatic hydroxyl groups is 1. The predicted molar refractivity (Wildman–Crippen MR) is 139 cm³/mol. The van der Waals surface area contributed by atoms with E-state index in [9.17, 15) is 18.7 Å². The summed E-state index contributed by atoms with van der Waals surface area (Å²) in [6, 6.07) is 22.1. The van der Waals surface area contributed by atoms with Crippen molar-refractivity contribution in [3.05, 3.63) is 138 Å². The van der Waals surface area contributed by atoms with Gasteiger partial charge in [0, 0.05) is 21.2 Å². The highest BCUT2D eigenvalue weighted by atomic mass is 79.9. The Morgan fingerprint density at radius 2 is 1.12 bits per heavy atom. The maximum Gasteiger partial charge on any atom is 0.193 e. The van der Waals surface area contributed by atoms with Crippen LogP contribution in [0.1, 0.15) is 33.2 Å². The molecule has 0 aliphatic heterocycles. The molecule has 0 aliphatic carbocycles. The van der Waals surface area contributed by atoms with Crippen molar-refractivity contribution in [1.82, 2.24) is 0 Å². The standard InChI is InChI=1S/C13H9BrClFO.C13H7BrClFO/c2*14-11-6-3-9(7-12(11)16)13(17)8-1-4-10(15)5-2-8/h1-7,13,17H;1-7H. The number of benzene rings is 4. The lowest BCUT2D eigenvalue weighted by Crippen LogP contribution is -2.01. The van der Waals surface area contributed by atoms with E-state index in [1.165, 1.54) is 18.2 Å². The third kappa shape index (κ3) is 6.96. The fourth-order valence-corrected chi connectivity index (χ4v) is 3.67. The van der Waals surface area contributed by atoms with Gasteiger partial charge in [0.25, 0.3) is 0 Å². The highest BCUT2D eigenvalue weighted by Gasteiger charge is 2.12. The van der Waals surface area contributed by atoms with E-state index >= 15 is 0 Å². The van der Waals surface area contributed by atoms with Crippen LogP contribution in [0.4, 0.5) is 8.78 Å². The Kier molecular flexibility index (Phi) is 9.39. The molecule has 2 nitrogen and oxygen atoms in total. The first-order valence-electron chi connectivity index (χ1n) is 9.79. The van der Waals surface area contributed by atoms with Crippen LogP contribution in [0.5, 0.6) is 0 Å². The van der Waals surface area contributed by atoms with Gasteiger partial charge in [-0.25, -0.2) is 8.78 Å². The van der Waals surface area contributed by atoms with Crippen LogP contribution in [-0.4, -0.2) is 10.9 Å². The largest absolute Gasteiger partial charge is 0.384 e. The highest BCUT2D eigenvalue weighted by molar-refractivity contribution is 9.10. The van der Waals surface area contributed by atoms with Gasteiger partial charge in [0.05, 0.1) is 8.95 Å². The number of ketones is 1. The fraction of sp³-hybridized carbons (Fsp3) is 0.0385. The minimum absolute atomic E-state index is 0.229. The van der Waals surface area contributed by atoms with Crippen LogP contribution in [0.3, 0.4) is 0 Å². The number of rotatable bonds is 4. The molecule has 0 saturated carbocycles. The molecular weight excluding hydrogens is 613 g/mol. The molecule has 0 fully saturated rings. The van der Waals surface area contributed by atoms with Crippen molar-refractivity contribution in [1.29, 1.82) is 0 Å². The van der Waals surface area contributed by atoms with E-state index < -0.39 is 17.7 Å². The lowest BCUT2D eigenvalue weighted by molar-refractivity contribution is 0.103. The molecule has 1 N–H and O–H groups in total. The summed E-state index contributed by atoms with van der Waals surface area (Å²) in [4.78, 5) is 12.0. The molecule has 0 heterocycles. The zero-order valence-electron chi connectivity index (χ0n) is 17.3. The Balaban J connectivity index is 0.000000191. The SMILES string of the molecule is O=C(c1ccc(Cl)cc1)c1ccc(Br)c(F)c1.OC(c1ccc(Cl)cc1)c1ccc(Br)c(F)c1. The first kappa shape index (κ1) is 26.5. The van der Waals surface area contributed by atoms with Gasteiger partial charge < -0.3 is 5.11 Å². The Morgan fingerprint density at radius 1 is 0.676 bits per heavy atom. The fourth-order valence-electron chi connectivity index (χ4n) is 2.93. The average Bonchev–Trinajstić information content (AvgIpc) is 2.83. The minimum atomic E-state index is -0.852. The first-order valence-corrected chi connectivity index (χ1v) is 12.1. The summed E-state index contributed by atoms with van der Waals surface area (Å²) in [6.07, 6.45) is -0.852. The molecule has 0 aromatic heterocycles. The van der Waals surface area contributed by atoms with Gasteiger partial charge in [-0.2, -0.15) is 0 Å². The second-order valence-corrected chi connectivity index (χ2v) is 9.67. The van der Waals surface area contributed by atoms with Crippen LogP contribution in [0.25, 0.3) is 0 Å². The molecule has 34 heavy (non-hydrogen) atoms. The van der Waals surface area contributed by atoms with Gasteiger partial charge in [-0.05, 0) is 110 Å². The van der Waals surface area contributed by atoms with E-state index in [0.717, 1.165) is 0 Å². The van der Waals surface area contributed by atoms with E-state index in [-0.39, 0.29) is 5.78 Å². The Bertz CT molecular complexity index is 1300. The molecule has 0 bridgehead atoms. The van der Waals surface area contributed by atoms with Gasteiger partial charge in [0.2, 0.25) is 0 Å². The Labute approximate surface area is 222 Å².